The van der Waals surface area contributed by atoms with E-state index >= 15 is 0 Å². The molecule has 1 aliphatic heterocycles. The Balaban J connectivity index is 1.80. The van der Waals surface area contributed by atoms with E-state index in [-0.39, 0.29) is 17.9 Å². The molecule has 1 aliphatic rings. The van der Waals surface area contributed by atoms with Crippen molar-refractivity contribution in [1.82, 2.24) is 9.88 Å². The number of halogens is 1. The van der Waals surface area contributed by atoms with E-state index in [1.165, 1.54) is 23.8 Å². The topological polar surface area (TPSA) is 68.7 Å². The molecular formula is C25H27ClN2O4S2. The molecule has 0 N–H and O–H groups in total. The Morgan fingerprint density at radius 3 is 2.53 bits per heavy atom. The Morgan fingerprint density at radius 2 is 1.97 bits per heavy atom. The number of methoxy groups -OCH3 is 1. The van der Waals surface area contributed by atoms with Gasteiger partial charge in [-0.05, 0) is 62.1 Å². The molecule has 1 amide bonds. The average Bonchev–Trinajstić information content (AvgIpc) is 3.05. The molecule has 180 valence electrons. The number of ether oxygens (including phenoxy) is 2. The lowest BCUT2D eigenvalue weighted by Gasteiger charge is -2.25. The number of hydrogen-bond donors (Lipinski definition) is 0. The minimum Gasteiger partial charge on any atom is -0.489 e. The van der Waals surface area contributed by atoms with Crippen LogP contribution in [0, 0.1) is 5.92 Å². The number of pyridine rings is 1. The van der Waals surface area contributed by atoms with Gasteiger partial charge in [0.05, 0.1) is 28.8 Å². The number of rotatable bonds is 8. The lowest BCUT2D eigenvalue weighted by Crippen LogP contribution is -2.45. The maximum atomic E-state index is 13.1. The van der Waals surface area contributed by atoms with E-state index in [1.807, 2.05) is 58.0 Å². The van der Waals surface area contributed by atoms with Gasteiger partial charge in [0.2, 0.25) is 0 Å². The Morgan fingerprint density at radius 1 is 1.24 bits per heavy atom. The lowest BCUT2D eigenvalue weighted by molar-refractivity contribution is -0.149. The van der Waals surface area contributed by atoms with Crippen molar-refractivity contribution >= 4 is 57.9 Å². The first-order chi connectivity index (χ1) is 16.1. The van der Waals surface area contributed by atoms with Crippen LogP contribution >= 0.6 is 35.6 Å². The van der Waals surface area contributed by atoms with E-state index in [4.69, 9.17) is 33.3 Å². The molecule has 1 unspecified atom stereocenters. The molecule has 2 aromatic rings. The fraction of sp³-hybridized carbons (Fsp3) is 0.360. The molecule has 34 heavy (non-hydrogen) atoms. The smallest absolute Gasteiger partial charge is 0.329 e. The normalized spacial score (nSPS) is 16.0. The molecular weight excluding hydrogens is 492 g/mol. The summed E-state index contributed by atoms with van der Waals surface area (Å²) in [5.74, 6) is 0.0409. The fourth-order valence-corrected chi connectivity index (χ4v) is 5.04. The number of benzene rings is 1. The maximum Gasteiger partial charge on any atom is 0.329 e. The summed E-state index contributed by atoms with van der Waals surface area (Å²) in [6.07, 6.45) is 3.90. The van der Waals surface area contributed by atoms with Gasteiger partial charge in [-0.3, -0.25) is 14.7 Å². The highest BCUT2D eigenvalue weighted by atomic mass is 35.5. The van der Waals surface area contributed by atoms with Crippen LogP contribution in [-0.4, -0.2) is 45.3 Å². The van der Waals surface area contributed by atoms with Crippen LogP contribution in [0.2, 0.25) is 5.02 Å². The third kappa shape index (κ3) is 6.17. The Labute approximate surface area is 214 Å². The molecule has 3 rings (SSSR count). The summed E-state index contributed by atoms with van der Waals surface area (Å²) >= 11 is 12.9. The van der Waals surface area contributed by atoms with E-state index in [9.17, 15) is 9.59 Å². The number of hydrogen-bond acceptors (Lipinski definition) is 7. The summed E-state index contributed by atoms with van der Waals surface area (Å²) < 4.78 is 10.9. The second kappa shape index (κ2) is 11.3. The van der Waals surface area contributed by atoms with Crippen LogP contribution in [0.1, 0.15) is 39.7 Å². The van der Waals surface area contributed by atoms with E-state index in [1.54, 1.807) is 12.3 Å². The van der Waals surface area contributed by atoms with Crippen molar-refractivity contribution in [2.45, 2.75) is 46.3 Å². The van der Waals surface area contributed by atoms with E-state index in [0.29, 0.717) is 26.4 Å². The number of carbonyl (C=O) groups excluding carboxylic acids is 2. The van der Waals surface area contributed by atoms with Crippen molar-refractivity contribution in [1.29, 1.82) is 0 Å². The van der Waals surface area contributed by atoms with Gasteiger partial charge in [0, 0.05) is 11.8 Å². The first kappa shape index (κ1) is 26.2. The summed E-state index contributed by atoms with van der Waals surface area (Å²) in [5, 5.41) is 0.516. The zero-order valence-electron chi connectivity index (χ0n) is 19.7. The van der Waals surface area contributed by atoms with Gasteiger partial charge in [-0.25, -0.2) is 4.79 Å². The van der Waals surface area contributed by atoms with Crippen LogP contribution < -0.4 is 4.74 Å². The van der Waals surface area contributed by atoms with Crippen LogP contribution in [0.5, 0.6) is 5.75 Å². The van der Waals surface area contributed by atoms with Crippen molar-refractivity contribution in [3.63, 3.8) is 0 Å². The van der Waals surface area contributed by atoms with Crippen LogP contribution in [0.15, 0.2) is 41.4 Å². The molecule has 0 spiro atoms. The van der Waals surface area contributed by atoms with Crippen molar-refractivity contribution in [3.8, 4) is 17.0 Å². The first-order valence-corrected chi connectivity index (χ1v) is 12.5. The molecule has 1 aromatic heterocycles. The minimum atomic E-state index is -0.740. The fourth-order valence-electron chi connectivity index (χ4n) is 3.46. The van der Waals surface area contributed by atoms with E-state index in [2.05, 4.69) is 4.98 Å². The summed E-state index contributed by atoms with van der Waals surface area (Å²) in [6.45, 7) is 7.85. The summed E-state index contributed by atoms with van der Waals surface area (Å²) in [7, 11) is 1.31. The molecule has 0 aliphatic carbocycles. The maximum absolute atomic E-state index is 13.1. The molecule has 9 heteroatoms. The highest BCUT2D eigenvalue weighted by molar-refractivity contribution is 8.26. The molecule has 0 radical (unpaired) electrons. The van der Waals surface area contributed by atoms with Crippen LogP contribution in [0.4, 0.5) is 0 Å². The molecule has 1 aromatic carbocycles. The number of thioether (sulfide) groups is 1. The Hall–Kier alpha value is -2.42. The molecule has 1 fully saturated rings. The van der Waals surface area contributed by atoms with Gasteiger partial charge >= 0.3 is 5.97 Å². The summed E-state index contributed by atoms with van der Waals surface area (Å²) in [4.78, 5) is 31.7. The monoisotopic (exact) mass is 518 g/mol. The van der Waals surface area contributed by atoms with Gasteiger partial charge in [-0.2, -0.15) is 0 Å². The third-order valence-electron chi connectivity index (χ3n) is 4.98. The quantitative estimate of drug-likeness (QED) is 0.242. The van der Waals surface area contributed by atoms with Crippen LogP contribution in [-0.2, 0) is 14.3 Å². The summed E-state index contributed by atoms with van der Waals surface area (Å²) in [5.41, 5.74) is 2.34. The predicted octanol–water partition coefficient (Wildman–Crippen LogP) is 5.98. The molecule has 0 saturated carbocycles. The number of thiocarbonyl (C=S) groups is 1. The average molecular weight is 519 g/mol. The zero-order valence-corrected chi connectivity index (χ0v) is 22.1. The van der Waals surface area contributed by atoms with Gasteiger partial charge in [0.15, 0.2) is 0 Å². The van der Waals surface area contributed by atoms with Gasteiger partial charge in [-0.15, -0.1) is 0 Å². The van der Waals surface area contributed by atoms with Gasteiger partial charge in [0.1, 0.15) is 16.1 Å². The van der Waals surface area contributed by atoms with Crippen LogP contribution in [0.25, 0.3) is 17.3 Å². The van der Waals surface area contributed by atoms with Gasteiger partial charge in [-0.1, -0.05) is 55.5 Å². The number of amides is 1. The van der Waals surface area contributed by atoms with Crippen molar-refractivity contribution in [3.05, 3.63) is 52.0 Å². The number of nitrogens with zero attached hydrogens (tertiary/aromatic N) is 2. The predicted molar refractivity (Wildman–Crippen MR) is 141 cm³/mol. The number of carbonyl (C=O) groups is 2. The van der Waals surface area contributed by atoms with Crippen molar-refractivity contribution < 1.29 is 19.1 Å². The summed E-state index contributed by atoms with van der Waals surface area (Å²) in [6, 6.07) is 8.53. The van der Waals surface area contributed by atoms with E-state index < -0.39 is 12.0 Å². The SMILES string of the molecule is COC(=O)C(CC(C)C)N1C(=O)C(=Cc2ccc(-c3ccc(OC(C)C)c(Cl)c3)nc2)SC1=S. The zero-order chi connectivity index (χ0) is 25.0. The second-order valence-electron chi connectivity index (χ2n) is 8.51. The number of aromatic nitrogens is 1. The minimum absolute atomic E-state index is 0.0297. The molecule has 1 atom stereocenters. The molecule has 1 saturated heterocycles. The highest BCUT2D eigenvalue weighted by Gasteiger charge is 2.41. The first-order valence-electron chi connectivity index (χ1n) is 10.9. The molecule has 6 nitrogen and oxygen atoms in total. The van der Waals surface area contributed by atoms with Gasteiger partial charge < -0.3 is 9.47 Å². The molecule has 0 bridgehead atoms. The third-order valence-corrected chi connectivity index (χ3v) is 6.60. The van der Waals surface area contributed by atoms with E-state index in [0.717, 1.165) is 16.8 Å². The Bertz CT molecular complexity index is 1120. The van der Waals surface area contributed by atoms with Crippen molar-refractivity contribution in [2.24, 2.45) is 5.92 Å². The standard InChI is InChI=1S/C25H27ClN2O4S2/c1-14(2)10-20(24(30)31-5)28-23(29)22(34-25(28)33)11-16-6-8-19(27-13-16)17-7-9-21(18(26)12-17)32-15(3)4/h6-9,11-15,20H,10H2,1-5H3. The number of esters is 1. The highest BCUT2D eigenvalue weighted by Crippen LogP contribution is 2.36. The lowest BCUT2D eigenvalue weighted by atomic mass is 10.0. The Kier molecular flexibility index (Phi) is 8.73. The molecule has 2 heterocycles. The van der Waals surface area contributed by atoms with Gasteiger partial charge in [0.25, 0.3) is 5.91 Å². The van der Waals surface area contributed by atoms with Crippen molar-refractivity contribution in [2.75, 3.05) is 7.11 Å². The van der Waals surface area contributed by atoms with Crippen LogP contribution in [0.3, 0.4) is 0 Å². The largest absolute Gasteiger partial charge is 0.489 e. The second-order valence-corrected chi connectivity index (χ2v) is 10.6.